The van der Waals surface area contributed by atoms with Crippen molar-refractivity contribution in [3.63, 3.8) is 0 Å². The number of hydrogen-bond acceptors (Lipinski definition) is 6. The summed E-state index contributed by atoms with van der Waals surface area (Å²) in [5.74, 6) is 0.882. The summed E-state index contributed by atoms with van der Waals surface area (Å²) in [6, 6.07) is 10.8. The van der Waals surface area contributed by atoms with Gasteiger partial charge in [-0.25, -0.2) is 9.97 Å². The number of benzene rings is 1. The second-order valence-electron chi connectivity index (χ2n) is 4.97. The van der Waals surface area contributed by atoms with Gasteiger partial charge < -0.3 is 16.2 Å². The molecule has 0 aliphatic heterocycles. The lowest BCUT2D eigenvalue weighted by atomic mass is 10.2. The molecule has 2 heterocycles. The Labute approximate surface area is 138 Å². The normalized spacial score (nSPS) is 10.5. The molecule has 0 saturated carbocycles. The predicted octanol–water partition coefficient (Wildman–Crippen LogP) is 1.70. The number of hydrogen-bond donors (Lipinski definition) is 2. The van der Waals surface area contributed by atoms with Crippen molar-refractivity contribution in [2.45, 2.75) is 13.3 Å². The summed E-state index contributed by atoms with van der Waals surface area (Å²) in [5, 5.41) is 4.31. The molecule has 24 heavy (non-hydrogen) atoms. The van der Waals surface area contributed by atoms with E-state index in [-0.39, 0.29) is 11.4 Å². The molecule has 0 radical (unpaired) electrons. The molecule has 3 rings (SSSR count). The van der Waals surface area contributed by atoms with Gasteiger partial charge in [0.05, 0.1) is 5.69 Å². The summed E-state index contributed by atoms with van der Waals surface area (Å²) < 4.78 is 7.03. The second-order valence-corrected chi connectivity index (χ2v) is 4.97. The van der Waals surface area contributed by atoms with Gasteiger partial charge in [0, 0.05) is 6.07 Å². The number of para-hydroxylation sites is 1. The Morgan fingerprint density at radius 1 is 1.25 bits per heavy atom. The van der Waals surface area contributed by atoms with Gasteiger partial charge in [0.2, 0.25) is 5.88 Å². The summed E-state index contributed by atoms with van der Waals surface area (Å²) >= 11 is 0. The fraction of sp³-hybridized carbons (Fsp3) is 0.125. The van der Waals surface area contributed by atoms with Gasteiger partial charge in [0.25, 0.3) is 5.91 Å². The van der Waals surface area contributed by atoms with Gasteiger partial charge in [-0.05, 0) is 18.6 Å². The molecule has 0 aliphatic carbocycles. The molecule has 1 amide bonds. The van der Waals surface area contributed by atoms with E-state index in [1.165, 1.54) is 11.0 Å². The maximum absolute atomic E-state index is 11.6. The van der Waals surface area contributed by atoms with E-state index >= 15 is 0 Å². The van der Waals surface area contributed by atoms with E-state index in [0.717, 1.165) is 0 Å². The predicted molar refractivity (Wildman–Crippen MR) is 88.0 cm³/mol. The maximum Gasteiger partial charge on any atom is 0.254 e. The van der Waals surface area contributed by atoms with E-state index in [4.69, 9.17) is 16.2 Å². The van der Waals surface area contributed by atoms with Gasteiger partial charge >= 0.3 is 0 Å². The van der Waals surface area contributed by atoms with Crippen molar-refractivity contribution in [3.8, 4) is 17.4 Å². The highest BCUT2D eigenvalue weighted by Gasteiger charge is 2.20. The minimum absolute atomic E-state index is 0.142. The Bertz CT molecular complexity index is 876. The zero-order chi connectivity index (χ0) is 17.1. The quantitative estimate of drug-likeness (QED) is 0.736. The number of nitrogens with two attached hydrogens (primary N) is 2. The number of aromatic nitrogens is 4. The molecule has 3 aromatic rings. The third-order valence-electron chi connectivity index (χ3n) is 3.39. The minimum Gasteiger partial charge on any atom is -0.439 e. The van der Waals surface area contributed by atoms with Crippen molar-refractivity contribution in [1.82, 2.24) is 19.7 Å². The van der Waals surface area contributed by atoms with Gasteiger partial charge in [0.1, 0.15) is 23.5 Å². The molecular formula is C16H16N6O2. The fourth-order valence-corrected chi connectivity index (χ4v) is 2.28. The van der Waals surface area contributed by atoms with Crippen LogP contribution in [0.5, 0.6) is 11.6 Å². The van der Waals surface area contributed by atoms with Gasteiger partial charge in [-0.3, -0.25) is 4.79 Å². The average molecular weight is 324 g/mol. The molecule has 0 aliphatic rings. The maximum atomic E-state index is 11.6. The first kappa shape index (κ1) is 15.5. The Kier molecular flexibility index (Phi) is 4.11. The van der Waals surface area contributed by atoms with E-state index < -0.39 is 5.91 Å². The lowest BCUT2D eigenvalue weighted by Crippen LogP contribution is -2.15. The number of nitrogen functional groups attached to an aromatic ring is 1. The number of ether oxygens (including phenoxy) is 1. The summed E-state index contributed by atoms with van der Waals surface area (Å²) in [4.78, 5) is 19.8. The number of nitrogens with zero attached hydrogens (tertiary/aromatic N) is 4. The topological polar surface area (TPSA) is 122 Å². The lowest BCUT2D eigenvalue weighted by molar-refractivity contribution is 0.100. The SMILES string of the molecule is CCc1nn(-c2cc(Oc3ccccc3)ncn2)c(N)c1C(N)=O. The van der Waals surface area contributed by atoms with Crippen LogP contribution in [0.3, 0.4) is 0 Å². The van der Waals surface area contributed by atoms with Gasteiger partial charge in [0.15, 0.2) is 5.82 Å². The average Bonchev–Trinajstić information content (AvgIpc) is 2.93. The van der Waals surface area contributed by atoms with Crippen LogP contribution in [0.15, 0.2) is 42.7 Å². The molecule has 0 unspecified atom stereocenters. The first-order chi connectivity index (χ1) is 11.6. The summed E-state index contributed by atoms with van der Waals surface area (Å²) in [6.07, 6.45) is 1.86. The fourth-order valence-electron chi connectivity index (χ4n) is 2.28. The van der Waals surface area contributed by atoms with E-state index in [1.807, 2.05) is 37.3 Å². The third kappa shape index (κ3) is 2.89. The Morgan fingerprint density at radius 3 is 2.62 bits per heavy atom. The van der Waals surface area contributed by atoms with Crippen molar-refractivity contribution < 1.29 is 9.53 Å². The zero-order valence-electron chi connectivity index (χ0n) is 13.0. The first-order valence-electron chi connectivity index (χ1n) is 7.32. The Hall–Kier alpha value is -3.42. The van der Waals surface area contributed by atoms with E-state index in [2.05, 4.69) is 15.1 Å². The molecule has 0 spiro atoms. The monoisotopic (exact) mass is 324 g/mol. The largest absolute Gasteiger partial charge is 0.439 e. The molecule has 1 aromatic carbocycles. The summed E-state index contributed by atoms with van der Waals surface area (Å²) in [6.45, 7) is 1.86. The van der Waals surface area contributed by atoms with Crippen LogP contribution < -0.4 is 16.2 Å². The smallest absolute Gasteiger partial charge is 0.254 e. The van der Waals surface area contributed by atoms with Crippen LogP contribution in [0.1, 0.15) is 23.0 Å². The van der Waals surface area contributed by atoms with Crippen molar-refractivity contribution >= 4 is 11.7 Å². The number of primary amides is 1. The van der Waals surface area contributed by atoms with E-state index in [0.29, 0.717) is 29.6 Å². The van der Waals surface area contributed by atoms with Gasteiger partial charge in [-0.15, -0.1) is 0 Å². The second kappa shape index (κ2) is 6.37. The van der Waals surface area contributed by atoms with Crippen molar-refractivity contribution in [3.05, 3.63) is 54.0 Å². The lowest BCUT2D eigenvalue weighted by Gasteiger charge is -2.07. The molecule has 0 fully saturated rings. The standard InChI is InChI=1S/C16H16N6O2/c1-2-11-14(16(18)23)15(17)22(21-11)12-8-13(20-9-19-12)24-10-6-4-3-5-7-10/h3-9H,2,17H2,1H3,(H2,18,23). The van der Waals surface area contributed by atoms with Crippen molar-refractivity contribution in [2.24, 2.45) is 5.73 Å². The summed E-state index contributed by atoms with van der Waals surface area (Å²) in [5.41, 5.74) is 12.1. The molecule has 122 valence electrons. The Balaban J connectivity index is 1.99. The van der Waals surface area contributed by atoms with Gasteiger partial charge in [-0.1, -0.05) is 25.1 Å². The molecule has 8 heteroatoms. The zero-order valence-corrected chi connectivity index (χ0v) is 13.0. The molecule has 0 saturated heterocycles. The Morgan fingerprint density at radius 2 is 2.00 bits per heavy atom. The molecule has 0 atom stereocenters. The molecule has 0 bridgehead atoms. The number of aryl methyl sites for hydroxylation is 1. The highest BCUT2D eigenvalue weighted by Crippen LogP contribution is 2.23. The van der Waals surface area contributed by atoms with E-state index in [9.17, 15) is 4.79 Å². The van der Waals surface area contributed by atoms with Gasteiger partial charge in [-0.2, -0.15) is 9.78 Å². The van der Waals surface area contributed by atoms with Crippen molar-refractivity contribution in [1.29, 1.82) is 0 Å². The number of amides is 1. The van der Waals surface area contributed by atoms with Crippen LogP contribution in [0.25, 0.3) is 5.82 Å². The van der Waals surface area contributed by atoms with Crippen LogP contribution in [0.2, 0.25) is 0 Å². The van der Waals surface area contributed by atoms with E-state index in [1.54, 1.807) is 6.07 Å². The van der Waals surface area contributed by atoms with Crippen LogP contribution in [0.4, 0.5) is 5.82 Å². The molecule has 2 aromatic heterocycles. The third-order valence-corrected chi connectivity index (χ3v) is 3.39. The molecular weight excluding hydrogens is 308 g/mol. The molecule has 4 N–H and O–H groups in total. The van der Waals surface area contributed by atoms with Crippen LogP contribution in [-0.4, -0.2) is 25.7 Å². The highest BCUT2D eigenvalue weighted by molar-refractivity contribution is 5.98. The van der Waals surface area contributed by atoms with Crippen molar-refractivity contribution in [2.75, 3.05) is 5.73 Å². The first-order valence-corrected chi connectivity index (χ1v) is 7.32. The van der Waals surface area contributed by atoms with Crippen LogP contribution in [-0.2, 0) is 6.42 Å². The highest BCUT2D eigenvalue weighted by atomic mass is 16.5. The number of rotatable bonds is 5. The number of anilines is 1. The number of carbonyl (C=O) groups is 1. The summed E-state index contributed by atoms with van der Waals surface area (Å²) in [7, 11) is 0. The van der Waals surface area contributed by atoms with Crippen LogP contribution in [0, 0.1) is 0 Å². The number of carbonyl (C=O) groups excluding carboxylic acids is 1. The molecule has 8 nitrogen and oxygen atoms in total. The van der Waals surface area contributed by atoms with Crippen LogP contribution >= 0.6 is 0 Å². The minimum atomic E-state index is -0.620.